The van der Waals surface area contributed by atoms with Crippen LogP contribution in [0.1, 0.15) is 38.7 Å². The fraction of sp³-hybridized carbons (Fsp3) is 0.471. The molecule has 0 saturated heterocycles. The number of hydrogen-bond acceptors (Lipinski definition) is 2. The third kappa shape index (κ3) is 2.14. The molecule has 1 aromatic carbocycles. The summed E-state index contributed by atoms with van der Waals surface area (Å²) < 4.78 is 0. The summed E-state index contributed by atoms with van der Waals surface area (Å²) in [6, 6.07) is 10.2. The van der Waals surface area contributed by atoms with Gasteiger partial charge in [0, 0.05) is 11.6 Å². The van der Waals surface area contributed by atoms with Gasteiger partial charge in [0.05, 0.1) is 11.1 Å². The van der Waals surface area contributed by atoms with E-state index in [-0.39, 0.29) is 0 Å². The molecule has 100 valence electrons. The lowest BCUT2D eigenvalue weighted by Crippen LogP contribution is -2.38. The Morgan fingerprint density at radius 2 is 2.11 bits per heavy atom. The Kier molecular flexibility index (Phi) is 3.06. The zero-order valence-electron chi connectivity index (χ0n) is 11.6. The Hall–Kier alpha value is -1.41. The van der Waals surface area contributed by atoms with Crippen LogP contribution in [0, 0.1) is 11.8 Å². The van der Waals surface area contributed by atoms with Crippen LogP contribution in [0.25, 0.3) is 10.9 Å². The highest BCUT2D eigenvalue weighted by Gasteiger charge is 2.39. The van der Waals surface area contributed by atoms with E-state index < -0.39 is 5.60 Å². The van der Waals surface area contributed by atoms with E-state index in [2.05, 4.69) is 31.0 Å². The van der Waals surface area contributed by atoms with Crippen molar-refractivity contribution in [2.75, 3.05) is 0 Å². The maximum absolute atomic E-state index is 11.1. The molecule has 0 radical (unpaired) electrons. The largest absolute Gasteiger partial charge is 0.385 e. The first-order valence-corrected chi connectivity index (χ1v) is 7.17. The van der Waals surface area contributed by atoms with Crippen molar-refractivity contribution in [3.8, 4) is 0 Å². The van der Waals surface area contributed by atoms with Crippen molar-refractivity contribution in [1.29, 1.82) is 0 Å². The van der Waals surface area contributed by atoms with Gasteiger partial charge >= 0.3 is 0 Å². The molecule has 3 atom stereocenters. The van der Waals surface area contributed by atoms with Crippen molar-refractivity contribution in [3.63, 3.8) is 0 Å². The summed E-state index contributed by atoms with van der Waals surface area (Å²) in [6.07, 6.45) is 4.87. The normalized spacial score (nSPS) is 31.5. The van der Waals surface area contributed by atoms with Crippen LogP contribution in [-0.4, -0.2) is 10.1 Å². The van der Waals surface area contributed by atoms with Crippen LogP contribution in [-0.2, 0) is 5.60 Å². The van der Waals surface area contributed by atoms with Crippen molar-refractivity contribution in [3.05, 3.63) is 42.1 Å². The molecule has 2 heteroatoms. The number of aliphatic hydroxyl groups is 1. The predicted octanol–water partition coefficient (Wildman–Crippen LogP) is 3.88. The lowest BCUT2D eigenvalue weighted by atomic mass is 9.69. The van der Waals surface area contributed by atoms with E-state index >= 15 is 0 Å². The number of aromatic nitrogens is 1. The van der Waals surface area contributed by atoms with Crippen LogP contribution >= 0.6 is 0 Å². The van der Waals surface area contributed by atoms with Gasteiger partial charge in [0.1, 0.15) is 0 Å². The number of pyridine rings is 1. The molecule has 2 aromatic rings. The monoisotopic (exact) mass is 255 g/mol. The number of fused-ring (bicyclic) bond motifs is 1. The topological polar surface area (TPSA) is 33.1 Å². The zero-order valence-corrected chi connectivity index (χ0v) is 11.6. The Labute approximate surface area is 114 Å². The zero-order chi connectivity index (χ0) is 13.5. The minimum Gasteiger partial charge on any atom is -0.385 e. The molecule has 1 N–H and O–H groups in total. The van der Waals surface area contributed by atoms with E-state index in [0.29, 0.717) is 5.92 Å². The summed E-state index contributed by atoms with van der Waals surface area (Å²) in [5.41, 5.74) is 1.37. The minimum absolute atomic E-state index is 0.311. The molecule has 0 aliphatic heterocycles. The molecule has 0 amide bonds. The summed E-state index contributed by atoms with van der Waals surface area (Å²) in [6.45, 7) is 4.45. The first-order chi connectivity index (χ1) is 9.09. The summed E-state index contributed by atoms with van der Waals surface area (Å²) in [7, 11) is 0. The van der Waals surface area contributed by atoms with Gasteiger partial charge in [-0.1, -0.05) is 26.0 Å². The average Bonchev–Trinajstić information content (AvgIpc) is 2.43. The maximum Gasteiger partial charge on any atom is 0.0922 e. The number of benzene rings is 1. The average molecular weight is 255 g/mol. The van der Waals surface area contributed by atoms with Gasteiger partial charge < -0.3 is 5.11 Å². The van der Waals surface area contributed by atoms with Crippen molar-refractivity contribution < 1.29 is 5.11 Å². The van der Waals surface area contributed by atoms with Gasteiger partial charge in [-0.2, -0.15) is 0 Å². The lowest BCUT2D eigenvalue weighted by Gasteiger charge is -2.41. The smallest absolute Gasteiger partial charge is 0.0922 e. The van der Waals surface area contributed by atoms with Gasteiger partial charge in [-0.3, -0.25) is 4.98 Å². The molecule has 1 aromatic heterocycles. The molecule has 1 saturated carbocycles. The Balaban J connectivity index is 2.03. The summed E-state index contributed by atoms with van der Waals surface area (Å²) in [4.78, 5) is 4.34. The predicted molar refractivity (Wildman–Crippen MR) is 77.8 cm³/mol. The first kappa shape index (κ1) is 12.6. The van der Waals surface area contributed by atoms with Crippen molar-refractivity contribution in [2.45, 2.75) is 38.7 Å². The molecule has 1 aliphatic rings. The third-order valence-electron chi connectivity index (χ3n) is 4.69. The molecule has 3 rings (SSSR count). The molecular formula is C17H21NO. The Morgan fingerprint density at radius 3 is 2.89 bits per heavy atom. The molecule has 1 aliphatic carbocycles. The first-order valence-electron chi connectivity index (χ1n) is 7.17. The molecule has 1 heterocycles. The van der Waals surface area contributed by atoms with Crippen LogP contribution < -0.4 is 0 Å². The fourth-order valence-electron chi connectivity index (χ4n) is 3.40. The third-order valence-corrected chi connectivity index (χ3v) is 4.69. The quantitative estimate of drug-likeness (QED) is 0.839. The SMILES string of the molecule is CC1CCC(O)(c2ccc3ncccc3c2)C(C)C1. The highest BCUT2D eigenvalue weighted by molar-refractivity contribution is 5.79. The molecule has 2 nitrogen and oxygen atoms in total. The Morgan fingerprint density at radius 1 is 1.26 bits per heavy atom. The van der Waals surface area contributed by atoms with Crippen LogP contribution in [0.3, 0.4) is 0 Å². The van der Waals surface area contributed by atoms with E-state index in [4.69, 9.17) is 0 Å². The van der Waals surface area contributed by atoms with Gasteiger partial charge in [0.2, 0.25) is 0 Å². The molecule has 0 bridgehead atoms. The lowest BCUT2D eigenvalue weighted by molar-refractivity contribution is -0.0586. The molecule has 19 heavy (non-hydrogen) atoms. The molecular weight excluding hydrogens is 234 g/mol. The second kappa shape index (κ2) is 4.61. The fourth-order valence-corrected chi connectivity index (χ4v) is 3.40. The highest BCUT2D eigenvalue weighted by atomic mass is 16.3. The van der Waals surface area contributed by atoms with Gasteiger partial charge in [-0.25, -0.2) is 0 Å². The van der Waals surface area contributed by atoms with Crippen LogP contribution in [0.5, 0.6) is 0 Å². The van der Waals surface area contributed by atoms with Crippen LogP contribution in [0.2, 0.25) is 0 Å². The number of nitrogens with zero attached hydrogens (tertiary/aromatic N) is 1. The second-order valence-electron chi connectivity index (χ2n) is 6.12. The van der Waals surface area contributed by atoms with E-state index in [1.807, 2.05) is 24.4 Å². The van der Waals surface area contributed by atoms with Gasteiger partial charge in [0.25, 0.3) is 0 Å². The molecule has 0 spiro atoms. The number of hydrogen-bond donors (Lipinski definition) is 1. The van der Waals surface area contributed by atoms with E-state index in [1.54, 1.807) is 0 Å². The van der Waals surface area contributed by atoms with Crippen LogP contribution in [0.15, 0.2) is 36.5 Å². The van der Waals surface area contributed by atoms with Crippen molar-refractivity contribution in [2.24, 2.45) is 11.8 Å². The molecule has 1 fully saturated rings. The maximum atomic E-state index is 11.1. The van der Waals surface area contributed by atoms with Gasteiger partial charge in [0.15, 0.2) is 0 Å². The standard InChI is InChI=1S/C17H21NO/c1-12-7-8-17(19,13(2)10-12)15-5-6-16-14(11-15)4-3-9-18-16/h3-6,9,11-13,19H,7-8,10H2,1-2H3. The van der Waals surface area contributed by atoms with E-state index in [1.165, 1.54) is 0 Å². The Bertz CT molecular complexity index is 595. The van der Waals surface area contributed by atoms with Crippen LogP contribution in [0.4, 0.5) is 0 Å². The minimum atomic E-state index is -0.670. The summed E-state index contributed by atoms with van der Waals surface area (Å²) >= 11 is 0. The van der Waals surface area contributed by atoms with Crippen molar-refractivity contribution in [1.82, 2.24) is 4.98 Å². The van der Waals surface area contributed by atoms with E-state index in [0.717, 1.165) is 41.6 Å². The number of rotatable bonds is 1. The van der Waals surface area contributed by atoms with Gasteiger partial charge in [-0.15, -0.1) is 0 Å². The van der Waals surface area contributed by atoms with Crippen molar-refractivity contribution >= 4 is 10.9 Å². The van der Waals surface area contributed by atoms with E-state index in [9.17, 15) is 5.11 Å². The molecule has 3 unspecified atom stereocenters. The second-order valence-corrected chi connectivity index (χ2v) is 6.12. The van der Waals surface area contributed by atoms with Gasteiger partial charge in [-0.05, 0) is 54.9 Å². The highest BCUT2D eigenvalue weighted by Crippen LogP contribution is 2.43. The summed E-state index contributed by atoms with van der Waals surface area (Å²) in [5.74, 6) is 1.03. The summed E-state index contributed by atoms with van der Waals surface area (Å²) in [5, 5.41) is 12.2.